The first kappa shape index (κ1) is 17.4. The van der Waals surface area contributed by atoms with Gasteiger partial charge in [0.25, 0.3) is 5.56 Å². The van der Waals surface area contributed by atoms with Gasteiger partial charge in [-0.1, -0.05) is 23.8 Å². The molecule has 7 heteroatoms. The molecule has 0 radical (unpaired) electrons. The Morgan fingerprint density at radius 3 is 2.61 bits per heavy atom. The van der Waals surface area contributed by atoms with Crippen LogP contribution in [0.15, 0.2) is 52.3 Å². The van der Waals surface area contributed by atoms with Crippen LogP contribution in [0.1, 0.15) is 11.1 Å². The van der Waals surface area contributed by atoms with Gasteiger partial charge in [0.1, 0.15) is 0 Å². The number of rotatable bonds is 6. The van der Waals surface area contributed by atoms with Crippen molar-refractivity contribution in [3.63, 3.8) is 0 Å². The van der Waals surface area contributed by atoms with E-state index < -0.39 is 16.1 Å². The normalized spacial score (nSPS) is 13.0. The number of hydrogen-bond acceptors (Lipinski definition) is 4. The van der Waals surface area contributed by atoms with Crippen LogP contribution in [0.5, 0.6) is 0 Å². The second-order valence-corrected chi connectivity index (χ2v) is 7.20. The molecule has 0 spiro atoms. The fraction of sp³-hybridized carbons (Fsp3) is 0.312. The van der Waals surface area contributed by atoms with Crippen LogP contribution >= 0.6 is 0 Å². The van der Waals surface area contributed by atoms with Gasteiger partial charge in [-0.3, -0.25) is 4.79 Å². The van der Waals surface area contributed by atoms with Gasteiger partial charge in [-0.2, -0.15) is 0 Å². The van der Waals surface area contributed by atoms with Crippen molar-refractivity contribution >= 4 is 10.0 Å². The van der Waals surface area contributed by atoms with E-state index in [2.05, 4.69) is 4.72 Å². The van der Waals surface area contributed by atoms with Crippen LogP contribution in [0.2, 0.25) is 0 Å². The Labute approximate surface area is 135 Å². The number of nitrogens with one attached hydrogen (secondary N) is 1. The van der Waals surface area contributed by atoms with Crippen LogP contribution in [-0.2, 0) is 16.6 Å². The van der Waals surface area contributed by atoms with Gasteiger partial charge in [0, 0.05) is 18.8 Å². The lowest BCUT2D eigenvalue weighted by Gasteiger charge is -2.14. The van der Waals surface area contributed by atoms with Crippen LogP contribution in [0.25, 0.3) is 0 Å². The third kappa shape index (κ3) is 4.51. The maximum Gasteiger partial charge on any atom is 0.250 e. The number of aliphatic hydroxyl groups excluding tert-OH is 1. The van der Waals surface area contributed by atoms with Crippen molar-refractivity contribution in [2.45, 2.75) is 31.4 Å². The van der Waals surface area contributed by atoms with Crippen molar-refractivity contribution in [3.8, 4) is 0 Å². The Morgan fingerprint density at radius 2 is 1.96 bits per heavy atom. The molecular formula is C16H20N2O4S. The molecule has 0 amide bonds. The van der Waals surface area contributed by atoms with E-state index in [9.17, 15) is 18.3 Å². The number of aromatic nitrogens is 1. The van der Waals surface area contributed by atoms with Crippen LogP contribution in [0, 0.1) is 13.8 Å². The minimum Gasteiger partial charge on any atom is -0.390 e. The Hall–Kier alpha value is -1.96. The summed E-state index contributed by atoms with van der Waals surface area (Å²) in [4.78, 5) is 11.8. The van der Waals surface area contributed by atoms with E-state index in [0.29, 0.717) is 5.56 Å². The summed E-state index contributed by atoms with van der Waals surface area (Å²) in [5, 5.41) is 9.96. The van der Waals surface area contributed by atoms with Crippen molar-refractivity contribution in [2.24, 2.45) is 0 Å². The lowest BCUT2D eigenvalue weighted by Crippen LogP contribution is -2.36. The topological polar surface area (TPSA) is 88.4 Å². The molecule has 2 rings (SSSR count). The summed E-state index contributed by atoms with van der Waals surface area (Å²) >= 11 is 0. The molecule has 0 aliphatic carbocycles. The van der Waals surface area contributed by atoms with Gasteiger partial charge in [-0.05, 0) is 31.5 Å². The van der Waals surface area contributed by atoms with Crippen LogP contribution < -0.4 is 10.3 Å². The summed E-state index contributed by atoms with van der Waals surface area (Å²) in [7, 11) is -3.70. The van der Waals surface area contributed by atoms with Crippen LogP contribution in [0.3, 0.4) is 0 Å². The van der Waals surface area contributed by atoms with E-state index >= 15 is 0 Å². The molecule has 0 saturated carbocycles. The Morgan fingerprint density at radius 1 is 1.22 bits per heavy atom. The molecule has 0 aliphatic heterocycles. The van der Waals surface area contributed by atoms with Gasteiger partial charge >= 0.3 is 0 Å². The van der Waals surface area contributed by atoms with Gasteiger partial charge in [-0.25, -0.2) is 13.1 Å². The highest BCUT2D eigenvalue weighted by atomic mass is 32.2. The van der Waals surface area contributed by atoms with Gasteiger partial charge in [-0.15, -0.1) is 0 Å². The molecule has 2 N–H and O–H groups in total. The fourth-order valence-corrected chi connectivity index (χ4v) is 3.58. The zero-order valence-corrected chi connectivity index (χ0v) is 13.9. The number of pyridine rings is 1. The Balaban J connectivity index is 2.04. The molecule has 23 heavy (non-hydrogen) atoms. The standard InChI is InChI=1S/C16H20N2O4S/c1-12-6-7-15(13(2)9-12)23(21,22)17-10-14(19)11-18-8-4-3-5-16(18)20/h3-9,14,17,19H,10-11H2,1-2H3. The van der Waals surface area contributed by atoms with E-state index in [1.807, 2.05) is 6.92 Å². The predicted octanol–water partition coefficient (Wildman–Crippen LogP) is 0.805. The second kappa shape index (κ2) is 7.08. The highest BCUT2D eigenvalue weighted by Crippen LogP contribution is 2.16. The molecule has 0 fully saturated rings. The molecule has 1 unspecified atom stereocenters. The molecule has 0 bridgehead atoms. The third-order valence-electron chi connectivity index (χ3n) is 3.44. The van der Waals surface area contributed by atoms with Gasteiger partial charge < -0.3 is 9.67 Å². The smallest absolute Gasteiger partial charge is 0.250 e. The molecule has 2 aromatic rings. The summed E-state index contributed by atoms with van der Waals surface area (Å²) in [5.74, 6) is 0. The van der Waals surface area contributed by atoms with Crippen molar-refractivity contribution in [1.29, 1.82) is 0 Å². The number of nitrogens with zero attached hydrogens (tertiary/aromatic N) is 1. The number of benzene rings is 1. The molecule has 6 nitrogen and oxygen atoms in total. The first-order valence-electron chi connectivity index (χ1n) is 7.20. The molecule has 0 saturated heterocycles. The lowest BCUT2D eigenvalue weighted by atomic mass is 10.2. The SMILES string of the molecule is Cc1ccc(S(=O)(=O)NCC(O)Cn2ccccc2=O)c(C)c1. The van der Waals surface area contributed by atoms with Crippen molar-refractivity contribution in [3.05, 3.63) is 64.1 Å². The summed E-state index contributed by atoms with van der Waals surface area (Å²) in [5.41, 5.74) is 1.37. The van der Waals surface area contributed by atoms with Crippen molar-refractivity contribution < 1.29 is 13.5 Å². The number of aryl methyl sites for hydroxylation is 2. The maximum atomic E-state index is 12.3. The molecule has 0 aliphatic rings. The number of sulfonamides is 1. The molecule has 124 valence electrons. The van der Waals surface area contributed by atoms with E-state index in [-0.39, 0.29) is 23.5 Å². The maximum absolute atomic E-state index is 12.3. The van der Waals surface area contributed by atoms with Crippen LogP contribution in [0.4, 0.5) is 0 Å². The Kier molecular flexibility index (Phi) is 5.35. The fourth-order valence-electron chi connectivity index (χ4n) is 2.29. The van der Waals surface area contributed by atoms with Gasteiger partial charge in [0.2, 0.25) is 10.0 Å². The third-order valence-corrected chi connectivity index (χ3v) is 5.02. The highest BCUT2D eigenvalue weighted by Gasteiger charge is 2.18. The quantitative estimate of drug-likeness (QED) is 0.817. The van der Waals surface area contributed by atoms with Gasteiger partial charge in [0.15, 0.2) is 0 Å². The first-order chi connectivity index (χ1) is 10.8. The number of aliphatic hydroxyl groups is 1. The van der Waals surface area contributed by atoms with E-state index in [1.165, 1.54) is 10.6 Å². The minimum atomic E-state index is -3.70. The summed E-state index contributed by atoms with van der Waals surface area (Å²) in [6, 6.07) is 9.71. The van der Waals surface area contributed by atoms with E-state index in [1.54, 1.807) is 43.5 Å². The highest BCUT2D eigenvalue weighted by molar-refractivity contribution is 7.89. The van der Waals surface area contributed by atoms with E-state index in [0.717, 1.165) is 5.56 Å². The molecular weight excluding hydrogens is 316 g/mol. The van der Waals surface area contributed by atoms with Crippen molar-refractivity contribution in [2.75, 3.05) is 6.54 Å². The van der Waals surface area contributed by atoms with E-state index in [4.69, 9.17) is 0 Å². The van der Waals surface area contributed by atoms with Crippen LogP contribution in [-0.4, -0.2) is 30.7 Å². The minimum absolute atomic E-state index is 0.0229. The zero-order valence-electron chi connectivity index (χ0n) is 13.1. The number of hydrogen-bond donors (Lipinski definition) is 2. The molecule has 1 aromatic heterocycles. The zero-order chi connectivity index (χ0) is 17.0. The monoisotopic (exact) mass is 336 g/mol. The predicted molar refractivity (Wildman–Crippen MR) is 87.8 cm³/mol. The average molecular weight is 336 g/mol. The van der Waals surface area contributed by atoms with Crippen molar-refractivity contribution in [1.82, 2.24) is 9.29 Å². The molecule has 1 heterocycles. The average Bonchev–Trinajstić information content (AvgIpc) is 2.47. The largest absolute Gasteiger partial charge is 0.390 e. The van der Waals surface area contributed by atoms with Gasteiger partial charge in [0.05, 0.1) is 17.5 Å². The first-order valence-corrected chi connectivity index (χ1v) is 8.68. The Bertz CT molecular complexity index is 843. The molecule has 1 aromatic carbocycles. The summed E-state index contributed by atoms with van der Waals surface area (Å²) < 4.78 is 28.3. The lowest BCUT2D eigenvalue weighted by molar-refractivity contribution is 0.156. The summed E-state index contributed by atoms with van der Waals surface area (Å²) in [6.45, 7) is 3.46. The second-order valence-electron chi connectivity index (χ2n) is 5.47. The molecule has 1 atom stereocenters. The summed E-state index contributed by atoms with van der Waals surface area (Å²) in [6.07, 6.45) is 0.542.